The van der Waals surface area contributed by atoms with Gasteiger partial charge < -0.3 is 14.2 Å². The lowest BCUT2D eigenvalue weighted by Crippen LogP contribution is -2.31. The second-order valence-corrected chi connectivity index (χ2v) is 5.31. The fraction of sp³-hybridized carbons (Fsp3) is 1.00. The Balaban J connectivity index is 2.05. The maximum Gasteiger partial charge on any atom is 0.187 e. The number of rotatable bonds is 2. The maximum absolute atomic E-state index is 5.94. The molecule has 2 aliphatic rings. The Bertz CT molecular complexity index is 239. The smallest absolute Gasteiger partial charge is 0.187 e. The summed E-state index contributed by atoms with van der Waals surface area (Å²) in [6.07, 6.45) is 1.37. The van der Waals surface area contributed by atoms with Gasteiger partial charge in [-0.05, 0) is 19.8 Å². The highest BCUT2D eigenvalue weighted by molar-refractivity contribution is 4.92. The molecule has 0 aromatic carbocycles. The number of hydrogen-bond acceptors (Lipinski definition) is 3. The van der Waals surface area contributed by atoms with E-state index in [4.69, 9.17) is 14.2 Å². The summed E-state index contributed by atoms with van der Waals surface area (Å²) in [5, 5.41) is 0. The molecule has 0 spiro atoms. The van der Waals surface area contributed by atoms with E-state index < -0.39 is 5.79 Å². The molecule has 2 aliphatic heterocycles. The van der Waals surface area contributed by atoms with Gasteiger partial charge in [0.15, 0.2) is 12.1 Å². The number of fused-ring (bicyclic) bond motifs is 1. The van der Waals surface area contributed by atoms with E-state index in [1.54, 1.807) is 0 Å². The van der Waals surface area contributed by atoms with Gasteiger partial charge in [-0.2, -0.15) is 0 Å². The zero-order chi connectivity index (χ0) is 11.2. The fourth-order valence-corrected chi connectivity index (χ4v) is 2.57. The molecule has 0 radical (unpaired) electrons. The third kappa shape index (κ3) is 1.93. The zero-order valence-electron chi connectivity index (χ0n) is 10.3. The average molecular weight is 214 g/mol. The van der Waals surface area contributed by atoms with Crippen LogP contribution >= 0.6 is 0 Å². The summed E-state index contributed by atoms with van der Waals surface area (Å²) in [7, 11) is 0. The molecule has 2 saturated heterocycles. The van der Waals surface area contributed by atoms with Crippen molar-refractivity contribution in [1.82, 2.24) is 0 Å². The Kier molecular flexibility index (Phi) is 2.82. The van der Waals surface area contributed by atoms with Crippen LogP contribution in [0.4, 0.5) is 0 Å². The van der Waals surface area contributed by atoms with Gasteiger partial charge in [0.2, 0.25) is 0 Å². The molecule has 0 bridgehead atoms. The van der Waals surface area contributed by atoms with Gasteiger partial charge in [-0.15, -0.1) is 0 Å². The summed E-state index contributed by atoms with van der Waals surface area (Å²) in [5.74, 6) is 0.511. The minimum Gasteiger partial charge on any atom is -0.346 e. The molecule has 2 fully saturated rings. The predicted molar refractivity (Wildman–Crippen MR) is 57.3 cm³/mol. The quantitative estimate of drug-likeness (QED) is 0.707. The van der Waals surface area contributed by atoms with Crippen LogP contribution in [0.25, 0.3) is 0 Å². The molecule has 88 valence electrons. The molecule has 0 unspecified atom stereocenters. The summed E-state index contributed by atoms with van der Waals surface area (Å²) in [6.45, 7) is 10.5. The molecule has 0 amide bonds. The summed E-state index contributed by atoms with van der Waals surface area (Å²) in [6, 6.07) is 0. The molecular weight excluding hydrogens is 192 g/mol. The molecule has 5 atom stereocenters. The van der Waals surface area contributed by atoms with E-state index in [0.717, 1.165) is 6.42 Å². The summed E-state index contributed by atoms with van der Waals surface area (Å²) < 4.78 is 17.5. The fourth-order valence-electron chi connectivity index (χ4n) is 2.57. The van der Waals surface area contributed by atoms with E-state index >= 15 is 0 Å². The van der Waals surface area contributed by atoms with E-state index in [1.807, 2.05) is 13.8 Å². The van der Waals surface area contributed by atoms with Crippen LogP contribution in [0.1, 0.15) is 41.0 Å². The Morgan fingerprint density at radius 1 is 1.27 bits per heavy atom. The lowest BCUT2D eigenvalue weighted by atomic mass is 9.90. The molecule has 3 nitrogen and oxygen atoms in total. The third-order valence-electron chi connectivity index (χ3n) is 3.62. The summed E-state index contributed by atoms with van der Waals surface area (Å²) in [5.41, 5.74) is 0. The molecule has 0 saturated carbocycles. The standard InChI is InChI=1S/C12H22O3/c1-6-7(2)9-8(3)10-11(13-9)15-12(4,5)14-10/h7-11H,6H2,1-5H3/t7-,8-,9-,10-,11-/m1/s1. The average Bonchev–Trinajstić information content (AvgIpc) is 2.60. The van der Waals surface area contributed by atoms with Crippen molar-refractivity contribution in [3.8, 4) is 0 Å². The van der Waals surface area contributed by atoms with Gasteiger partial charge in [0.05, 0.1) is 6.10 Å². The Hall–Kier alpha value is -0.120. The molecule has 15 heavy (non-hydrogen) atoms. The lowest BCUT2D eigenvalue weighted by Gasteiger charge is -2.26. The highest BCUT2D eigenvalue weighted by Crippen LogP contribution is 2.42. The molecule has 0 aliphatic carbocycles. The van der Waals surface area contributed by atoms with Gasteiger partial charge in [-0.1, -0.05) is 27.2 Å². The van der Waals surface area contributed by atoms with Crippen molar-refractivity contribution in [1.29, 1.82) is 0 Å². The zero-order valence-corrected chi connectivity index (χ0v) is 10.3. The van der Waals surface area contributed by atoms with Crippen molar-refractivity contribution >= 4 is 0 Å². The van der Waals surface area contributed by atoms with Crippen molar-refractivity contribution in [2.45, 2.75) is 65.3 Å². The number of hydrogen-bond donors (Lipinski definition) is 0. The highest BCUT2D eigenvalue weighted by Gasteiger charge is 2.53. The van der Waals surface area contributed by atoms with E-state index in [-0.39, 0.29) is 18.5 Å². The van der Waals surface area contributed by atoms with Gasteiger partial charge in [-0.25, -0.2) is 0 Å². The van der Waals surface area contributed by atoms with Crippen LogP contribution in [0.5, 0.6) is 0 Å². The second kappa shape index (κ2) is 3.72. The van der Waals surface area contributed by atoms with Crippen molar-refractivity contribution in [2.24, 2.45) is 11.8 Å². The molecule has 2 heterocycles. The van der Waals surface area contributed by atoms with Gasteiger partial charge in [-0.3, -0.25) is 0 Å². The molecule has 2 rings (SSSR count). The Labute approximate surface area is 92.1 Å². The normalized spacial score (nSPS) is 45.4. The first-order valence-electron chi connectivity index (χ1n) is 5.95. The minimum atomic E-state index is -0.482. The van der Waals surface area contributed by atoms with Crippen LogP contribution in [0, 0.1) is 11.8 Å². The first kappa shape index (κ1) is 11.4. The summed E-state index contributed by atoms with van der Waals surface area (Å²) in [4.78, 5) is 0. The maximum atomic E-state index is 5.94. The van der Waals surface area contributed by atoms with E-state index in [9.17, 15) is 0 Å². The molecule has 0 aromatic heterocycles. The van der Waals surface area contributed by atoms with Crippen LogP contribution in [-0.4, -0.2) is 24.3 Å². The molecule has 0 aromatic rings. The topological polar surface area (TPSA) is 27.7 Å². The first-order chi connectivity index (χ1) is 6.94. The third-order valence-corrected chi connectivity index (χ3v) is 3.62. The molecule has 0 N–H and O–H groups in total. The van der Waals surface area contributed by atoms with Crippen molar-refractivity contribution in [3.63, 3.8) is 0 Å². The van der Waals surface area contributed by atoms with Crippen molar-refractivity contribution < 1.29 is 14.2 Å². The molecule has 3 heteroatoms. The van der Waals surface area contributed by atoms with E-state index in [0.29, 0.717) is 11.8 Å². The van der Waals surface area contributed by atoms with Gasteiger partial charge in [0.1, 0.15) is 6.10 Å². The highest BCUT2D eigenvalue weighted by atomic mass is 16.8. The van der Waals surface area contributed by atoms with Crippen LogP contribution in [0.15, 0.2) is 0 Å². The summed E-state index contributed by atoms with van der Waals surface area (Å²) >= 11 is 0. The Morgan fingerprint density at radius 2 is 1.93 bits per heavy atom. The first-order valence-corrected chi connectivity index (χ1v) is 5.95. The van der Waals surface area contributed by atoms with Crippen LogP contribution < -0.4 is 0 Å². The van der Waals surface area contributed by atoms with Crippen molar-refractivity contribution in [3.05, 3.63) is 0 Å². The second-order valence-electron chi connectivity index (χ2n) is 5.31. The Morgan fingerprint density at radius 3 is 2.47 bits per heavy atom. The SMILES string of the molecule is CC[C@@H](C)[C@H]1O[C@@H]2OC(C)(C)O[C@@H]2[C@@H]1C. The lowest BCUT2D eigenvalue weighted by molar-refractivity contribution is -0.214. The number of ether oxygens (including phenoxy) is 3. The van der Waals surface area contributed by atoms with Crippen LogP contribution in [0.2, 0.25) is 0 Å². The molecular formula is C12H22O3. The minimum absolute atomic E-state index is 0.110. The largest absolute Gasteiger partial charge is 0.346 e. The van der Waals surface area contributed by atoms with Gasteiger partial charge in [0.25, 0.3) is 0 Å². The van der Waals surface area contributed by atoms with Gasteiger partial charge in [0, 0.05) is 5.92 Å². The van der Waals surface area contributed by atoms with E-state index in [2.05, 4.69) is 20.8 Å². The van der Waals surface area contributed by atoms with Crippen LogP contribution in [0.3, 0.4) is 0 Å². The predicted octanol–water partition coefficient (Wildman–Crippen LogP) is 2.55. The van der Waals surface area contributed by atoms with Crippen molar-refractivity contribution in [2.75, 3.05) is 0 Å². The van der Waals surface area contributed by atoms with E-state index in [1.165, 1.54) is 0 Å². The van der Waals surface area contributed by atoms with Crippen LogP contribution in [-0.2, 0) is 14.2 Å². The van der Waals surface area contributed by atoms with Gasteiger partial charge >= 0.3 is 0 Å². The monoisotopic (exact) mass is 214 g/mol.